The number of amides is 2. The number of hydrogen-bond acceptors (Lipinski definition) is 4. The van der Waals surface area contributed by atoms with Gasteiger partial charge in [-0.05, 0) is 24.6 Å². The lowest BCUT2D eigenvalue weighted by Gasteiger charge is -2.29. The zero-order valence-electron chi connectivity index (χ0n) is 12.2. The van der Waals surface area contributed by atoms with E-state index >= 15 is 0 Å². The number of benzene rings is 1. The van der Waals surface area contributed by atoms with Gasteiger partial charge in [0.25, 0.3) is 0 Å². The molecule has 0 saturated carbocycles. The predicted molar refractivity (Wildman–Crippen MR) is 78.6 cm³/mol. The Balaban J connectivity index is 2.89. The number of nitrogens with two attached hydrogens (primary N) is 2. The molecule has 0 aliphatic carbocycles. The summed E-state index contributed by atoms with van der Waals surface area (Å²) in [7, 11) is 3.36. The van der Waals surface area contributed by atoms with E-state index in [1.54, 1.807) is 32.0 Å². The Labute approximate surface area is 119 Å². The molecule has 1 unspecified atom stereocenters. The van der Waals surface area contributed by atoms with Crippen LogP contribution in [0.25, 0.3) is 0 Å². The summed E-state index contributed by atoms with van der Waals surface area (Å²) >= 11 is 0. The van der Waals surface area contributed by atoms with E-state index in [0.29, 0.717) is 12.2 Å². The van der Waals surface area contributed by atoms with Gasteiger partial charge in [-0.2, -0.15) is 0 Å². The highest BCUT2D eigenvalue weighted by molar-refractivity contribution is 5.82. The first-order chi connectivity index (χ1) is 9.31. The zero-order chi connectivity index (χ0) is 15.3. The summed E-state index contributed by atoms with van der Waals surface area (Å²) in [6, 6.07) is 6.92. The molecule has 20 heavy (non-hydrogen) atoms. The number of carbonyl (C=O) groups is 2. The van der Waals surface area contributed by atoms with Crippen LogP contribution in [-0.2, 0) is 16.1 Å². The van der Waals surface area contributed by atoms with Crippen LogP contribution in [0.15, 0.2) is 24.3 Å². The SMILES string of the molecule is CC(C(=O)N(C)C)N(CC(N)=O)Cc1cccc(N)c1. The smallest absolute Gasteiger partial charge is 0.239 e. The fraction of sp³-hybridized carbons (Fsp3) is 0.429. The van der Waals surface area contributed by atoms with Crippen LogP contribution in [0.2, 0.25) is 0 Å². The van der Waals surface area contributed by atoms with E-state index in [1.807, 2.05) is 18.2 Å². The lowest BCUT2D eigenvalue weighted by Crippen LogP contribution is -2.47. The Bertz CT molecular complexity index is 488. The maximum atomic E-state index is 12.0. The summed E-state index contributed by atoms with van der Waals surface area (Å²) in [4.78, 5) is 26.5. The van der Waals surface area contributed by atoms with Gasteiger partial charge in [0.05, 0.1) is 12.6 Å². The van der Waals surface area contributed by atoms with Crippen LogP contribution in [-0.4, -0.2) is 48.3 Å². The first kappa shape index (κ1) is 16.0. The summed E-state index contributed by atoms with van der Waals surface area (Å²) < 4.78 is 0. The van der Waals surface area contributed by atoms with Crippen molar-refractivity contribution in [2.24, 2.45) is 5.73 Å². The number of carbonyl (C=O) groups excluding carboxylic acids is 2. The molecule has 1 atom stereocenters. The summed E-state index contributed by atoms with van der Waals surface area (Å²) in [5.41, 5.74) is 12.6. The average molecular weight is 278 g/mol. The van der Waals surface area contributed by atoms with E-state index in [1.165, 1.54) is 4.90 Å². The number of hydrogen-bond donors (Lipinski definition) is 2. The standard InChI is InChI=1S/C14H22N4O2/c1-10(14(20)17(2)3)18(9-13(16)19)8-11-5-4-6-12(15)7-11/h4-7,10H,8-9,15H2,1-3H3,(H2,16,19). The highest BCUT2D eigenvalue weighted by atomic mass is 16.2. The van der Waals surface area contributed by atoms with Crippen LogP contribution in [0.5, 0.6) is 0 Å². The molecule has 0 heterocycles. The van der Waals surface area contributed by atoms with Gasteiger partial charge in [0, 0.05) is 26.3 Å². The Morgan fingerprint density at radius 2 is 1.95 bits per heavy atom. The second-order valence-electron chi connectivity index (χ2n) is 5.02. The summed E-state index contributed by atoms with van der Waals surface area (Å²) in [6.07, 6.45) is 0. The number of anilines is 1. The van der Waals surface area contributed by atoms with E-state index in [-0.39, 0.29) is 12.5 Å². The fourth-order valence-electron chi connectivity index (χ4n) is 1.99. The molecule has 110 valence electrons. The first-order valence-electron chi connectivity index (χ1n) is 6.39. The summed E-state index contributed by atoms with van der Waals surface area (Å²) in [5.74, 6) is -0.539. The minimum Gasteiger partial charge on any atom is -0.399 e. The largest absolute Gasteiger partial charge is 0.399 e. The third-order valence-electron chi connectivity index (χ3n) is 3.04. The van der Waals surface area contributed by atoms with Crippen molar-refractivity contribution in [1.29, 1.82) is 0 Å². The minimum atomic E-state index is -0.465. The molecule has 0 saturated heterocycles. The zero-order valence-corrected chi connectivity index (χ0v) is 12.2. The van der Waals surface area contributed by atoms with Crippen molar-refractivity contribution >= 4 is 17.5 Å². The molecular weight excluding hydrogens is 256 g/mol. The van der Waals surface area contributed by atoms with Crippen LogP contribution in [0.3, 0.4) is 0 Å². The Morgan fingerprint density at radius 3 is 2.45 bits per heavy atom. The van der Waals surface area contributed by atoms with Crippen molar-refractivity contribution in [3.8, 4) is 0 Å². The minimum absolute atomic E-state index is 0.0234. The second-order valence-corrected chi connectivity index (χ2v) is 5.02. The first-order valence-corrected chi connectivity index (χ1v) is 6.39. The van der Waals surface area contributed by atoms with Gasteiger partial charge in [-0.1, -0.05) is 12.1 Å². The Morgan fingerprint density at radius 1 is 1.30 bits per heavy atom. The van der Waals surface area contributed by atoms with Gasteiger partial charge in [-0.25, -0.2) is 0 Å². The van der Waals surface area contributed by atoms with Gasteiger partial charge in [0.2, 0.25) is 11.8 Å². The molecule has 0 aliphatic rings. The Hall–Kier alpha value is -2.08. The molecule has 0 aromatic heterocycles. The molecule has 1 rings (SSSR count). The quantitative estimate of drug-likeness (QED) is 0.718. The van der Waals surface area contributed by atoms with Gasteiger partial charge in [-0.15, -0.1) is 0 Å². The third-order valence-corrected chi connectivity index (χ3v) is 3.04. The molecule has 1 aromatic rings. The van der Waals surface area contributed by atoms with E-state index < -0.39 is 11.9 Å². The summed E-state index contributed by atoms with van der Waals surface area (Å²) in [5, 5.41) is 0. The average Bonchev–Trinajstić information content (AvgIpc) is 2.35. The maximum Gasteiger partial charge on any atom is 0.239 e. The molecule has 6 heteroatoms. The van der Waals surface area contributed by atoms with E-state index in [2.05, 4.69) is 0 Å². The van der Waals surface area contributed by atoms with E-state index in [0.717, 1.165) is 5.56 Å². The number of likely N-dealkylation sites (N-methyl/N-ethyl adjacent to an activating group) is 1. The molecule has 0 aliphatic heterocycles. The lowest BCUT2D eigenvalue weighted by molar-refractivity contribution is -0.134. The molecule has 0 spiro atoms. The highest BCUT2D eigenvalue weighted by Crippen LogP contribution is 2.12. The molecule has 2 amide bonds. The van der Waals surface area contributed by atoms with Gasteiger partial charge in [-0.3, -0.25) is 14.5 Å². The number of nitrogens with zero attached hydrogens (tertiary/aromatic N) is 2. The van der Waals surface area contributed by atoms with Crippen molar-refractivity contribution < 1.29 is 9.59 Å². The van der Waals surface area contributed by atoms with Gasteiger partial charge >= 0.3 is 0 Å². The molecule has 6 nitrogen and oxygen atoms in total. The third kappa shape index (κ3) is 4.55. The summed E-state index contributed by atoms with van der Waals surface area (Å²) in [6.45, 7) is 2.22. The molecule has 4 N–H and O–H groups in total. The second kappa shape index (κ2) is 6.91. The van der Waals surface area contributed by atoms with Crippen LogP contribution in [0, 0.1) is 0 Å². The van der Waals surface area contributed by atoms with Gasteiger partial charge in [0.1, 0.15) is 0 Å². The molecule has 0 radical (unpaired) electrons. The van der Waals surface area contributed by atoms with E-state index in [4.69, 9.17) is 11.5 Å². The van der Waals surface area contributed by atoms with Crippen molar-refractivity contribution in [3.05, 3.63) is 29.8 Å². The number of primary amides is 1. The van der Waals surface area contributed by atoms with Crippen molar-refractivity contribution in [2.75, 3.05) is 26.4 Å². The molecule has 0 bridgehead atoms. The van der Waals surface area contributed by atoms with Crippen molar-refractivity contribution in [2.45, 2.75) is 19.5 Å². The monoisotopic (exact) mass is 278 g/mol. The maximum absolute atomic E-state index is 12.0. The molecule has 1 aromatic carbocycles. The van der Waals surface area contributed by atoms with Crippen LogP contribution < -0.4 is 11.5 Å². The normalized spacial score (nSPS) is 12.2. The van der Waals surface area contributed by atoms with E-state index in [9.17, 15) is 9.59 Å². The van der Waals surface area contributed by atoms with Crippen molar-refractivity contribution in [1.82, 2.24) is 9.80 Å². The number of nitrogen functional groups attached to an aromatic ring is 1. The van der Waals surface area contributed by atoms with Crippen LogP contribution >= 0.6 is 0 Å². The highest BCUT2D eigenvalue weighted by Gasteiger charge is 2.24. The fourth-order valence-corrected chi connectivity index (χ4v) is 1.99. The van der Waals surface area contributed by atoms with Crippen molar-refractivity contribution in [3.63, 3.8) is 0 Å². The number of rotatable bonds is 6. The topological polar surface area (TPSA) is 92.7 Å². The molecule has 0 fully saturated rings. The van der Waals surface area contributed by atoms with Gasteiger partial charge in [0.15, 0.2) is 0 Å². The molecular formula is C14H22N4O2. The van der Waals surface area contributed by atoms with Crippen LogP contribution in [0.4, 0.5) is 5.69 Å². The lowest BCUT2D eigenvalue weighted by atomic mass is 10.1. The van der Waals surface area contributed by atoms with Crippen LogP contribution in [0.1, 0.15) is 12.5 Å². The van der Waals surface area contributed by atoms with Gasteiger partial charge < -0.3 is 16.4 Å². The Kier molecular flexibility index (Phi) is 5.52. The predicted octanol–water partition coefficient (Wildman–Crippen LogP) is 0.0328.